The molecule has 0 radical (unpaired) electrons. The molecule has 1 aromatic rings. The molecule has 0 spiro atoms. The lowest BCUT2D eigenvalue weighted by atomic mass is 10.1. The van der Waals surface area contributed by atoms with Crippen LogP contribution >= 0.6 is 11.8 Å². The molecule has 100 valence electrons. The minimum Gasteiger partial charge on any atom is -0.465 e. The first-order valence-electron chi connectivity index (χ1n) is 5.94. The standard InChI is InChI=1S/C12H13N3O3S/c1-18-12(17)7-4-8-10(13-5-7)15-2-3-19-6-9(15)11(16)14-8/h4-5,9H,2-3,6H2,1H3,(H,14,16). The highest BCUT2D eigenvalue weighted by atomic mass is 32.2. The average Bonchev–Trinajstić information content (AvgIpc) is 2.46. The van der Waals surface area contributed by atoms with E-state index in [0.29, 0.717) is 11.3 Å². The van der Waals surface area contributed by atoms with Crippen LogP contribution in [-0.2, 0) is 9.53 Å². The van der Waals surface area contributed by atoms with Gasteiger partial charge in [0.25, 0.3) is 0 Å². The van der Waals surface area contributed by atoms with Gasteiger partial charge in [-0.3, -0.25) is 4.79 Å². The van der Waals surface area contributed by atoms with Crippen LogP contribution in [0.15, 0.2) is 12.3 Å². The van der Waals surface area contributed by atoms with E-state index in [-0.39, 0.29) is 11.9 Å². The molecule has 0 aromatic carbocycles. The van der Waals surface area contributed by atoms with Crippen LogP contribution in [0, 0.1) is 0 Å². The van der Waals surface area contributed by atoms with Crippen LogP contribution < -0.4 is 10.2 Å². The van der Waals surface area contributed by atoms with Crippen molar-refractivity contribution < 1.29 is 14.3 Å². The molecular formula is C12H13N3O3S. The zero-order chi connectivity index (χ0) is 13.4. The number of esters is 1. The van der Waals surface area contributed by atoms with Crippen molar-refractivity contribution in [1.29, 1.82) is 0 Å². The van der Waals surface area contributed by atoms with E-state index in [0.717, 1.165) is 23.9 Å². The Morgan fingerprint density at radius 1 is 1.63 bits per heavy atom. The molecule has 6 nitrogen and oxygen atoms in total. The van der Waals surface area contributed by atoms with E-state index in [4.69, 9.17) is 0 Å². The largest absolute Gasteiger partial charge is 0.465 e. The first-order valence-corrected chi connectivity index (χ1v) is 7.10. The summed E-state index contributed by atoms with van der Waals surface area (Å²) in [5, 5.41) is 2.81. The summed E-state index contributed by atoms with van der Waals surface area (Å²) in [6, 6.07) is 1.45. The molecule has 0 saturated carbocycles. The van der Waals surface area contributed by atoms with Gasteiger partial charge in [-0.2, -0.15) is 11.8 Å². The minimum atomic E-state index is -0.458. The van der Waals surface area contributed by atoms with Crippen LogP contribution in [0.4, 0.5) is 11.5 Å². The highest BCUT2D eigenvalue weighted by molar-refractivity contribution is 7.99. The number of nitrogens with one attached hydrogen (secondary N) is 1. The predicted octanol–water partition coefficient (Wildman–Crippen LogP) is 0.742. The molecule has 1 aromatic heterocycles. The number of methoxy groups -OCH3 is 1. The number of hydrogen-bond acceptors (Lipinski definition) is 6. The van der Waals surface area contributed by atoms with Crippen molar-refractivity contribution in [3.8, 4) is 0 Å². The van der Waals surface area contributed by atoms with Gasteiger partial charge in [-0.05, 0) is 6.07 Å². The Hall–Kier alpha value is -1.76. The Labute approximate surface area is 114 Å². The van der Waals surface area contributed by atoms with E-state index in [2.05, 4.69) is 15.0 Å². The minimum absolute atomic E-state index is 0.0384. The Kier molecular flexibility index (Phi) is 3.06. The third-order valence-electron chi connectivity index (χ3n) is 3.25. The molecule has 2 aliphatic rings. The molecule has 0 bridgehead atoms. The summed E-state index contributed by atoms with van der Waals surface area (Å²) >= 11 is 1.77. The average molecular weight is 279 g/mol. The molecule has 0 aliphatic carbocycles. The van der Waals surface area contributed by atoms with E-state index in [1.54, 1.807) is 17.8 Å². The van der Waals surface area contributed by atoms with Gasteiger partial charge < -0.3 is 15.0 Å². The lowest BCUT2D eigenvalue weighted by Crippen LogP contribution is -2.53. The fourth-order valence-electron chi connectivity index (χ4n) is 2.30. The molecule has 2 aliphatic heterocycles. The van der Waals surface area contributed by atoms with Crippen molar-refractivity contribution in [3.63, 3.8) is 0 Å². The number of anilines is 2. The zero-order valence-electron chi connectivity index (χ0n) is 10.4. The van der Waals surface area contributed by atoms with Crippen LogP contribution in [0.3, 0.4) is 0 Å². The second kappa shape index (κ2) is 4.73. The molecule has 3 rings (SSSR count). The number of nitrogens with zero attached hydrogens (tertiary/aromatic N) is 2. The fourth-order valence-corrected chi connectivity index (χ4v) is 3.35. The van der Waals surface area contributed by atoms with E-state index in [1.165, 1.54) is 13.3 Å². The molecule has 1 atom stereocenters. The van der Waals surface area contributed by atoms with E-state index in [9.17, 15) is 9.59 Å². The summed E-state index contributed by atoms with van der Waals surface area (Å²) < 4.78 is 4.65. The normalized spacial score (nSPS) is 21.2. The van der Waals surface area contributed by atoms with Gasteiger partial charge in [0.2, 0.25) is 5.91 Å². The molecular weight excluding hydrogens is 266 g/mol. The Morgan fingerprint density at radius 2 is 2.47 bits per heavy atom. The van der Waals surface area contributed by atoms with Crippen LogP contribution in [0.5, 0.6) is 0 Å². The van der Waals surface area contributed by atoms with Crippen LogP contribution in [0.25, 0.3) is 0 Å². The van der Waals surface area contributed by atoms with Gasteiger partial charge in [-0.25, -0.2) is 9.78 Å². The maximum absolute atomic E-state index is 12.0. The summed E-state index contributed by atoms with van der Waals surface area (Å²) in [5.74, 6) is 1.98. The van der Waals surface area contributed by atoms with Gasteiger partial charge in [0.15, 0.2) is 5.82 Å². The molecule has 19 heavy (non-hydrogen) atoms. The summed E-state index contributed by atoms with van der Waals surface area (Å²) in [6.07, 6.45) is 1.49. The van der Waals surface area contributed by atoms with Gasteiger partial charge in [0, 0.05) is 24.2 Å². The van der Waals surface area contributed by atoms with Gasteiger partial charge in [0.05, 0.1) is 18.4 Å². The van der Waals surface area contributed by atoms with Crippen molar-refractivity contribution in [2.45, 2.75) is 6.04 Å². The number of aromatic nitrogens is 1. The number of carbonyl (C=O) groups excluding carboxylic acids is 2. The first-order chi connectivity index (χ1) is 9.20. The molecule has 1 unspecified atom stereocenters. The maximum Gasteiger partial charge on any atom is 0.339 e. The first kappa shape index (κ1) is 12.3. The maximum atomic E-state index is 12.0. The number of rotatable bonds is 1. The SMILES string of the molecule is COC(=O)c1cnc2c(c1)NC(=O)C1CSCCN21. The lowest BCUT2D eigenvalue weighted by Gasteiger charge is -2.39. The van der Waals surface area contributed by atoms with E-state index in [1.807, 2.05) is 4.90 Å². The zero-order valence-corrected chi connectivity index (χ0v) is 11.2. The van der Waals surface area contributed by atoms with Crippen LogP contribution in [0.2, 0.25) is 0 Å². The van der Waals surface area contributed by atoms with Gasteiger partial charge in [0.1, 0.15) is 6.04 Å². The Bertz CT molecular complexity index is 549. The summed E-state index contributed by atoms with van der Waals surface area (Å²) in [7, 11) is 1.32. The van der Waals surface area contributed by atoms with Crippen molar-refractivity contribution in [2.75, 3.05) is 35.4 Å². The van der Waals surface area contributed by atoms with E-state index >= 15 is 0 Å². The molecule has 1 amide bonds. The summed E-state index contributed by atoms with van der Waals surface area (Å²) in [5.41, 5.74) is 0.919. The number of ether oxygens (including phenoxy) is 1. The van der Waals surface area contributed by atoms with E-state index < -0.39 is 5.97 Å². The third kappa shape index (κ3) is 2.03. The molecule has 3 heterocycles. The topological polar surface area (TPSA) is 71.5 Å². The molecule has 1 N–H and O–H groups in total. The number of thioether (sulfide) groups is 1. The van der Waals surface area contributed by atoms with Gasteiger partial charge in [-0.1, -0.05) is 0 Å². The molecule has 7 heteroatoms. The van der Waals surface area contributed by atoms with Crippen molar-refractivity contribution in [2.24, 2.45) is 0 Å². The Morgan fingerprint density at radius 3 is 3.26 bits per heavy atom. The summed E-state index contributed by atoms with van der Waals surface area (Å²) in [4.78, 5) is 29.8. The second-order valence-electron chi connectivity index (χ2n) is 4.36. The number of pyridine rings is 1. The lowest BCUT2D eigenvalue weighted by molar-refractivity contribution is -0.117. The highest BCUT2D eigenvalue weighted by Gasteiger charge is 2.36. The fraction of sp³-hybridized carbons (Fsp3) is 0.417. The monoisotopic (exact) mass is 279 g/mol. The van der Waals surface area contributed by atoms with Gasteiger partial charge in [-0.15, -0.1) is 0 Å². The predicted molar refractivity (Wildman–Crippen MR) is 72.7 cm³/mol. The number of fused-ring (bicyclic) bond motifs is 3. The molecule has 1 fully saturated rings. The van der Waals surface area contributed by atoms with Crippen molar-refractivity contribution >= 4 is 35.1 Å². The number of amides is 1. The molecule has 1 saturated heterocycles. The number of hydrogen-bond donors (Lipinski definition) is 1. The van der Waals surface area contributed by atoms with Crippen molar-refractivity contribution in [3.05, 3.63) is 17.8 Å². The third-order valence-corrected chi connectivity index (χ3v) is 4.27. The summed E-state index contributed by atoms with van der Waals surface area (Å²) in [6.45, 7) is 0.792. The van der Waals surface area contributed by atoms with Crippen LogP contribution in [0.1, 0.15) is 10.4 Å². The smallest absolute Gasteiger partial charge is 0.339 e. The Balaban J connectivity index is 2.00. The quantitative estimate of drug-likeness (QED) is 0.765. The van der Waals surface area contributed by atoms with Gasteiger partial charge >= 0.3 is 5.97 Å². The highest BCUT2D eigenvalue weighted by Crippen LogP contribution is 2.33. The van der Waals surface area contributed by atoms with Crippen molar-refractivity contribution in [1.82, 2.24) is 4.98 Å². The van der Waals surface area contributed by atoms with Crippen LogP contribution in [-0.4, -0.2) is 48.1 Å². The number of carbonyl (C=O) groups is 2. The second-order valence-corrected chi connectivity index (χ2v) is 5.51.